The first kappa shape index (κ1) is 12.0. The summed E-state index contributed by atoms with van der Waals surface area (Å²) in [4.78, 5) is 15.8. The Hall–Kier alpha value is -1.43. The van der Waals surface area contributed by atoms with Crippen LogP contribution < -0.4 is 5.32 Å². The molecule has 2 heterocycles. The molecule has 1 fully saturated rings. The van der Waals surface area contributed by atoms with Crippen LogP contribution in [0, 0.1) is 6.92 Å². The smallest absolute Gasteiger partial charge is 0.253 e. The number of hydrogen-bond acceptors (Lipinski definition) is 4. The van der Waals surface area contributed by atoms with E-state index in [9.17, 15) is 13.2 Å². The summed E-state index contributed by atoms with van der Waals surface area (Å²) in [5.41, 5.74) is 1.33. The summed E-state index contributed by atoms with van der Waals surface area (Å²) >= 11 is 0. The van der Waals surface area contributed by atoms with Crippen LogP contribution in [0.2, 0.25) is 0 Å². The first-order valence-electron chi connectivity index (χ1n) is 5.40. The molecule has 0 saturated carbocycles. The van der Waals surface area contributed by atoms with Gasteiger partial charge in [0, 0.05) is 18.4 Å². The van der Waals surface area contributed by atoms with Crippen LogP contribution in [-0.4, -0.2) is 36.9 Å². The normalized spacial score (nSPS) is 22.3. The molecule has 0 bridgehead atoms. The molecule has 92 valence electrons. The van der Waals surface area contributed by atoms with Gasteiger partial charge in [-0.2, -0.15) is 0 Å². The lowest BCUT2D eigenvalue weighted by molar-refractivity contribution is 0.0940. The minimum absolute atomic E-state index is 0.0397. The third-order valence-corrected chi connectivity index (χ3v) is 4.62. The molecule has 1 aliphatic heterocycles. The van der Waals surface area contributed by atoms with Gasteiger partial charge in [0.2, 0.25) is 0 Å². The van der Waals surface area contributed by atoms with Crippen LogP contribution in [0.15, 0.2) is 18.5 Å². The molecule has 2 rings (SSSR count). The lowest BCUT2D eigenvalue weighted by atomic mass is 10.1. The van der Waals surface area contributed by atoms with Crippen molar-refractivity contribution in [3.05, 3.63) is 29.6 Å². The number of sulfone groups is 1. The number of pyridine rings is 1. The lowest BCUT2D eigenvalue weighted by Crippen LogP contribution is -2.35. The van der Waals surface area contributed by atoms with Crippen LogP contribution in [-0.2, 0) is 9.84 Å². The number of carbonyl (C=O) groups is 1. The quantitative estimate of drug-likeness (QED) is 0.824. The van der Waals surface area contributed by atoms with Gasteiger partial charge in [-0.15, -0.1) is 0 Å². The number of carbonyl (C=O) groups excluding carboxylic acids is 1. The number of nitrogens with zero attached hydrogens (tertiary/aromatic N) is 1. The van der Waals surface area contributed by atoms with Gasteiger partial charge in [-0.3, -0.25) is 9.78 Å². The first-order chi connectivity index (χ1) is 7.98. The second-order valence-corrected chi connectivity index (χ2v) is 6.49. The van der Waals surface area contributed by atoms with E-state index >= 15 is 0 Å². The largest absolute Gasteiger partial charge is 0.348 e. The van der Waals surface area contributed by atoms with Gasteiger partial charge in [0.25, 0.3) is 5.91 Å². The zero-order valence-electron chi connectivity index (χ0n) is 9.51. The van der Waals surface area contributed by atoms with E-state index in [0.29, 0.717) is 12.0 Å². The number of aryl methyl sites for hydroxylation is 1. The second kappa shape index (κ2) is 4.44. The minimum Gasteiger partial charge on any atom is -0.348 e. The zero-order chi connectivity index (χ0) is 12.5. The van der Waals surface area contributed by atoms with E-state index < -0.39 is 9.84 Å². The first-order valence-corrected chi connectivity index (χ1v) is 7.22. The molecular formula is C11H14N2O3S. The number of nitrogens with one attached hydrogen (secondary N) is 1. The second-order valence-electron chi connectivity index (χ2n) is 4.26. The van der Waals surface area contributed by atoms with Gasteiger partial charge in [0.1, 0.15) is 0 Å². The Morgan fingerprint density at radius 3 is 2.88 bits per heavy atom. The van der Waals surface area contributed by atoms with Gasteiger partial charge in [-0.05, 0) is 25.0 Å². The molecule has 1 N–H and O–H groups in total. The van der Waals surface area contributed by atoms with Crippen molar-refractivity contribution in [3.8, 4) is 0 Å². The van der Waals surface area contributed by atoms with Crippen LogP contribution >= 0.6 is 0 Å². The molecule has 0 aliphatic carbocycles. The average molecular weight is 254 g/mol. The molecule has 5 nitrogen and oxygen atoms in total. The summed E-state index contributed by atoms with van der Waals surface area (Å²) in [5.74, 6) is -0.0557. The maximum atomic E-state index is 11.9. The molecule has 1 saturated heterocycles. The molecule has 1 amide bonds. The van der Waals surface area contributed by atoms with Gasteiger partial charge in [-0.25, -0.2) is 8.42 Å². The van der Waals surface area contributed by atoms with Crippen molar-refractivity contribution in [2.24, 2.45) is 0 Å². The van der Waals surface area contributed by atoms with Crippen molar-refractivity contribution >= 4 is 15.7 Å². The van der Waals surface area contributed by atoms with E-state index in [-0.39, 0.29) is 23.5 Å². The predicted octanol–water partition coefficient (Wildman–Crippen LogP) is 0.307. The molecule has 1 unspecified atom stereocenters. The molecule has 1 aromatic heterocycles. The average Bonchev–Trinajstić information content (AvgIpc) is 2.58. The highest BCUT2D eigenvalue weighted by molar-refractivity contribution is 7.91. The van der Waals surface area contributed by atoms with Crippen molar-refractivity contribution in [3.63, 3.8) is 0 Å². The lowest BCUT2D eigenvalue weighted by Gasteiger charge is -2.11. The van der Waals surface area contributed by atoms with Crippen LogP contribution in [0.4, 0.5) is 0 Å². The molecule has 17 heavy (non-hydrogen) atoms. The fraction of sp³-hybridized carbons (Fsp3) is 0.455. The SMILES string of the molecule is Cc1ccncc1C(=O)NC1CCS(=O)(=O)C1. The number of amides is 1. The van der Waals surface area contributed by atoms with Crippen LogP contribution in [0.3, 0.4) is 0 Å². The molecule has 0 spiro atoms. The maximum absolute atomic E-state index is 11.9. The Balaban J connectivity index is 2.06. The summed E-state index contributed by atoms with van der Waals surface area (Å²) in [6.07, 6.45) is 3.60. The van der Waals surface area contributed by atoms with Crippen LogP contribution in [0.1, 0.15) is 22.3 Å². The number of hydrogen-bond donors (Lipinski definition) is 1. The van der Waals surface area contributed by atoms with E-state index in [4.69, 9.17) is 0 Å². The fourth-order valence-corrected chi connectivity index (χ4v) is 3.55. The summed E-state index contributed by atoms with van der Waals surface area (Å²) in [5, 5.41) is 2.73. The van der Waals surface area contributed by atoms with Gasteiger partial charge in [-0.1, -0.05) is 0 Å². The van der Waals surface area contributed by atoms with Gasteiger partial charge < -0.3 is 5.32 Å². The third kappa shape index (κ3) is 2.82. The standard InChI is InChI=1S/C11H14N2O3S/c1-8-2-4-12-6-10(8)11(14)13-9-3-5-17(15,16)7-9/h2,4,6,9H,3,5,7H2,1H3,(H,13,14). The molecule has 1 aliphatic rings. The van der Waals surface area contributed by atoms with E-state index in [0.717, 1.165) is 5.56 Å². The molecule has 1 aromatic rings. The highest BCUT2D eigenvalue weighted by atomic mass is 32.2. The molecule has 1 atom stereocenters. The molecular weight excluding hydrogens is 240 g/mol. The van der Waals surface area contributed by atoms with E-state index in [2.05, 4.69) is 10.3 Å². The van der Waals surface area contributed by atoms with E-state index in [1.165, 1.54) is 6.20 Å². The van der Waals surface area contributed by atoms with Crippen molar-refractivity contribution in [1.29, 1.82) is 0 Å². The zero-order valence-corrected chi connectivity index (χ0v) is 10.3. The van der Waals surface area contributed by atoms with Crippen LogP contribution in [0.5, 0.6) is 0 Å². The Morgan fingerprint density at radius 2 is 2.29 bits per heavy atom. The minimum atomic E-state index is -2.96. The number of aromatic nitrogens is 1. The van der Waals surface area contributed by atoms with Crippen molar-refractivity contribution in [2.45, 2.75) is 19.4 Å². The third-order valence-electron chi connectivity index (χ3n) is 2.85. The Morgan fingerprint density at radius 1 is 1.53 bits per heavy atom. The van der Waals surface area contributed by atoms with E-state index in [1.807, 2.05) is 6.92 Å². The number of rotatable bonds is 2. The predicted molar refractivity (Wildman–Crippen MR) is 63.5 cm³/mol. The molecule has 0 aromatic carbocycles. The Bertz CT molecular complexity index is 539. The van der Waals surface area contributed by atoms with Gasteiger partial charge in [0.15, 0.2) is 9.84 Å². The molecule has 0 radical (unpaired) electrons. The summed E-state index contributed by atoms with van der Waals surface area (Å²) < 4.78 is 22.5. The monoisotopic (exact) mass is 254 g/mol. The fourth-order valence-electron chi connectivity index (χ4n) is 1.87. The van der Waals surface area contributed by atoms with E-state index in [1.54, 1.807) is 12.3 Å². The topological polar surface area (TPSA) is 76.1 Å². The summed E-state index contributed by atoms with van der Waals surface area (Å²) in [7, 11) is -2.96. The van der Waals surface area contributed by atoms with Crippen molar-refractivity contribution < 1.29 is 13.2 Å². The highest BCUT2D eigenvalue weighted by Gasteiger charge is 2.29. The molecule has 6 heteroatoms. The summed E-state index contributed by atoms with van der Waals surface area (Å²) in [6.45, 7) is 1.82. The van der Waals surface area contributed by atoms with Gasteiger partial charge in [0.05, 0.1) is 17.1 Å². The van der Waals surface area contributed by atoms with Crippen molar-refractivity contribution in [2.75, 3.05) is 11.5 Å². The van der Waals surface area contributed by atoms with Crippen molar-refractivity contribution in [1.82, 2.24) is 10.3 Å². The summed E-state index contributed by atoms with van der Waals surface area (Å²) in [6, 6.07) is 1.48. The van der Waals surface area contributed by atoms with Crippen LogP contribution in [0.25, 0.3) is 0 Å². The Kier molecular flexibility index (Phi) is 3.15. The van der Waals surface area contributed by atoms with Gasteiger partial charge >= 0.3 is 0 Å². The highest BCUT2D eigenvalue weighted by Crippen LogP contribution is 2.13. The Labute approximate surface area is 100 Å². The maximum Gasteiger partial charge on any atom is 0.253 e.